The van der Waals surface area contributed by atoms with Crippen molar-refractivity contribution in [2.75, 3.05) is 19.4 Å². The molecule has 0 aromatic heterocycles. The van der Waals surface area contributed by atoms with E-state index in [9.17, 15) is 8.42 Å². The number of hydrogen-bond acceptors (Lipinski definition) is 3. The zero-order valence-corrected chi connectivity index (χ0v) is 12.0. The summed E-state index contributed by atoms with van der Waals surface area (Å²) in [6.07, 6.45) is 0.491. The first-order valence-electron chi connectivity index (χ1n) is 6.03. The van der Waals surface area contributed by atoms with Crippen molar-refractivity contribution < 1.29 is 13.2 Å². The van der Waals surface area contributed by atoms with E-state index in [1.54, 1.807) is 7.11 Å². The van der Waals surface area contributed by atoms with E-state index in [0.717, 1.165) is 11.3 Å². The molecule has 0 spiro atoms. The van der Waals surface area contributed by atoms with Gasteiger partial charge in [0, 0.05) is 6.54 Å². The Hall–Kier alpha value is -1.07. The van der Waals surface area contributed by atoms with Gasteiger partial charge in [-0.15, -0.1) is 0 Å². The Morgan fingerprint density at radius 2 is 2.06 bits per heavy atom. The molecule has 1 N–H and O–H groups in total. The van der Waals surface area contributed by atoms with Gasteiger partial charge in [-0.2, -0.15) is 0 Å². The molecule has 0 aliphatic heterocycles. The number of methoxy groups -OCH3 is 1. The van der Waals surface area contributed by atoms with Crippen LogP contribution in [0.5, 0.6) is 5.75 Å². The third-order valence-corrected chi connectivity index (χ3v) is 3.85. The van der Waals surface area contributed by atoms with Crippen LogP contribution in [0.3, 0.4) is 0 Å². The molecule has 0 bridgehead atoms. The van der Waals surface area contributed by atoms with Crippen molar-refractivity contribution in [3.05, 3.63) is 29.8 Å². The maximum Gasteiger partial charge on any atom is 0.211 e. The molecule has 0 aliphatic rings. The van der Waals surface area contributed by atoms with Gasteiger partial charge < -0.3 is 4.74 Å². The van der Waals surface area contributed by atoms with E-state index < -0.39 is 10.0 Å². The van der Waals surface area contributed by atoms with Gasteiger partial charge >= 0.3 is 0 Å². The maximum absolute atomic E-state index is 11.7. The van der Waals surface area contributed by atoms with E-state index >= 15 is 0 Å². The molecule has 0 unspecified atom stereocenters. The van der Waals surface area contributed by atoms with Gasteiger partial charge in [0.05, 0.1) is 12.9 Å². The molecule has 0 atom stereocenters. The molecule has 0 radical (unpaired) electrons. The quantitative estimate of drug-likeness (QED) is 0.823. The van der Waals surface area contributed by atoms with Crippen LogP contribution in [-0.4, -0.2) is 27.8 Å². The average molecular weight is 271 g/mol. The van der Waals surface area contributed by atoms with Crippen LogP contribution in [0, 0.1) is 5.92 Å². The highest BCUT2D eigenvalue weighted by Crippen LogP contribution is 2.13. The Morgan fingerprint density at radius 3 is 2.67 bits per heavy atom. The molecule has 0 saturated heterocycles. The Bertz CT molecular complexity index is 469. The van der Waals surface area contributed by atoms with Crippen LogP contribution in [0.1, 0.15) is 19.4 Å². The van der Waals surface area contributed by atoms with Crippen molar-refractivity contribution >= 4 is 10.0 Å². The molecule has 102 valence electrons. The van der Waals surface area contributed by atoms with Crippen LogP contribution < -0.4 is 9.46 Å². The van der Waals surface area contributed by atoms with Gasteiger partial charge in [0.1, 0.15) is 5.75 Å². The fourth-order valence-electron chi connectivity index (χ4n) is 1.45. The molecule has 18 heavy (non-hydrogen) atoms. The van der Waals surface area contributed by atoms with Crippen molar-refractivity contribution in [3.8, 4) is 5.75 Å². The first kappa shape index (κ1) is 15.0. The Morgan fingerprint density at radius 1 is 1.33 bits per heavy atom. The Labute approximate surface area is 109 Å². The van der Waals surface area contributed by atoms with Gasteiger partial charge in [-0.1, -0.05) is 26.0 Å². The van der Waals surface area contributed by atoms with Gasteiger partial charge in [0.15, 0.2) is 0 Å². The molecule has 1 rings (SSSR count). The SMILES string of the molecule is COc1cccc(CCS(=O)(=O)NCC(C)C)c1. The molecule has 0 amide bonds. The molecule has 0 aliphatic carbocycles. The lowest BCUT2D eigenvalue weighted by Gasteiger charge is -2.09. The van der Waals surface area contributed by atoms with Gasteiger partial charge in [-0.3, -0.25) is 0 Å². The van der Waals surface area contributed by atoms with E-state index in [4.69, 9.17) is 4.74 Å². The predicted octanol–water partition coefficient (Wildman–Crippen LogP) is 1.81. The molecular formula is C13H21NO3S. The van der Waals surface area contributed by atoms with Crippen molar-refractivity contribution in [2.24, 2.45) is 5.92 Å². The first-order chi connectivity index (χ1) is 8.43. The number of rotatable bonds is 7. The normalized spacial score (nSPS) is 11.8. The predicted molar refractivity (Wildman–Crippen MR) is 73.3 cm³/mol. The summed E-state index contributed by atoms with van der Waals surface area (Å²) in [5, 5.41) is 0. The summed E-state index contributed by atoms with van der Waals surface area (Å²) in [7, 11) is -1.59. The number of nitrogens with one attached hydrogen (secondary N) is 1. The van der Waals surface area contributed by atoms with E-state index in [-0.39, 0.29) is 5.75 Å². The number of aryl methyl sites for hydroxylation is 1. The van der Waals surface area contributed by atoms with E-state index in [2.05, 4.69) is 4.72 Å². The lowest BCUT2D eigenvalue weighted by atomic mass is 10.2. The molecular weight excluding hydrogens is 250 g/mol. The summed E-state index contributed by atoms with van der Waals surface area (Å²) in [5.41, 5.74) is 0.962. The summed E-state index contributed by atoms with van der Waals surface area (Å²) in [6, 6.07) is 7.47. The van der Waals surface area contributed by atoms with Gasteiger partial charge in [0.25, 0.3) is 0 Å². The standard InChI is InChI=1S/C13H21NO3S/c1-11(2)10-14-18(15,16)8-7-12-5-4-6-13(9-12)17-3/h4-6,9,11,14H,7-8,10H2,1-3H3. The molecule has 0 heterocycles. The lowest BCUT2D eigenvalue weighted by molar-refractivity contribution is 0.414. The fraction of sp³-hybridized carbons (Fsp3) is 0.538. The number of sulfonamides is 1. The first-order valence-corrected chi connectivity index (χ1v) is 7.68. The Balaban J connectivity index is 2.53. The minimum Gasteiger partial charge on any atom is -0.497 e. The third-order valence-electron chi connectivity index (χ3n) is 2.51. The second-order valence-electron chi connectivity index (χ2n) is 4.66. The van der Waals surface area contributed by atoms with E-state index in [1.165, 1.54) is 0 Å². The zero-order valence-electron chi connectivity index (χ0n) is 11.1. The summed E-state index contributed by atoms with van der Waals surface area (Å²) in [6.45, 7) is 4.44. The summed E-state index contributed by atoms with van der Waals surface area (Å²) >= 11 is 0. The van der Waals surface area contributed by atoms with Crippen LogP contribution in [0.15, 0.2) is 24.3 Å². The molecule has 0 saturated carbocycles. The minimum absolute atomic E-state index is 0.104. The van der Waals surface area contributed by atoms with Crippen LogP contribution in [0.2, 0.25) is 0 Å². The smallest absolute Gasteiger partial charge is 0.211 e. The fourth-order valence-corrected chi connectivity index (χ4v) is 2.68. The van der Waals surface area contributed by atoms with Crippen molar-refractivity contribution in [1.29, 1.82) is 0 Å². The van der Waals surface area contributed by atoms with Crippen LogP contribution in [0.25, 0.3) is 0 Å². The van der Waals surface area contributed by atoms with Crippen LogP contribution >= 0.6 is 0 Å². The van der Waals surface area contributed by atoms with Crippen LogP contribution in [0.4, 0.5) is 0 Å². The second kappa shape index (κ2) is 6.75. The summed E-state index contributed by atoms with van der Waals surface area (Å²) in [5.74, 6) is 1.17. The molecule has 0 fully saturated rings. The summed E-state index contributed by atoms with van der Waals surface area (Å²) < 4.78 is 31.1. The number of benzene rings is 1. The number of ether oxygens (including phenoxy) is 1. The largest absolute Gasteiger partial charge is 0.497 e. The number of hydrogen-bond donors (Lipinski definition) is 1. The van der Waals surface area contributed by atoms with Crippen LogP contribution in [-0.2, 0) is 16.4 Å². The molecule has 4 nitrogen and oxygen atoms in total. The monoisotopic (exact) mass is 271 g/mol. The second-order valence-corrected chi connectivity index (χ2v) is 6.59. The minimum atomic E-state index is -3.19. The van der Waals surface area contributed by atoms with Crippen molar-refractivity contribution in [2.45, 2.75) is 20.3 Å². The van der Waals surface area contributed by atoms with Gasteiger partial charge in [0.2, 0.25) is 10.0 Å². The zero-order chi connectivity index (χ0) is 13.6. The Kier molecular flexibility index (Phi) is 5.62. The lowest BCUT2D eigenvalue weighted by Crippen LogP contribution is -2.30. The maximum atomic E-state index is 11.7. The van der Waals surface area contributed by atoms with Crippen molar-refractivity contribution in [3.63, 3.8) is 0 Å². The molecule has 5 heteroatoms. The average Bonchev–Trinajstić information content (AvgIpc) is 2.35. The highest BCUT2D eigenvalue weighted by atomic mass is 32.2. The summed E-state index contributed by atoms with van der Waals surface area (Å²) in [4.78, 5) is 0. The highest BCUT2D eigenvalue weighted by Gasteiger charge is 2.10. The van der Waals surface area contributed by atoms with Gasteiger partial charge in [-0.25, -0.2) is 13.1 Å². The highest BCUT2D eigenvalue weighted by molar-refractivity contribution is 7.89. The van der Waals surface area contributed by atoms with Crippen molar-refractivity contribution in [1.82, 2.24) is 4.72 Å². The molecule has 1 aromatic rings. The molecule has 1 aromatic carbocycles. The third kappa shape index (κ3) is 5.51. The van der Waals surface area contributed by atoms with E-state index in [0.29, 0.717) is 18.9 Å². The van der Waals surface area contributed by atoms with E-state index in [1.807, 2.05) is 38.1 Å². The van der Waals surface area contributed by atoms with Gasteiger partial charge in [-0.05, 0) is 30.0 Å². The topological polar surface area (TPSA) is 55.4 Å².